The van der Waals surface area contributed by atoms with E-state index in [0.717, 1.165) is 12.8 Å². The molecule has 0 saturated heterocycles. The Labute approximate surface area is 67.3 Å². The van der Waals surface area contributed by atoms with Gasteiger partial charge in [0, 0.05) is 5.54 Å². The molecule has 0 aromatic heterocycles. The van der Waals surface area contributed by atoms with E-state index in [0.29, 0.717) is 0 Å². The number of carbonyl (C=O) groups excluding carboxylic acids is 1. The van der Waals surface area contributed by atoms with Gasteiger partial charge in [0.05, 0.1) is 6.04 Å². The molecule has 3 heteroatoms. The van der Waals surface area contributed by atoms with E-state index in [9.17, 15) is 4.79 Å². The summed E-state index contributed by atoms with van der Waals surface area (Å²) in [5, 5.41) is 2.93. The van der Waals surface area contributed by atoms with Gasteiger partial charge in [0.1, 0.15) is 0 Å². The van der Waals surface area contributed by atoms with Crippen molar-refractivity contribution in [3.05, 3.63) is 0 Å². The van der Waals surface area contributed by atoms with Crippen molar-refractivity contribution in [1.29, 1.82) is 0 Å². The monoisotopic (exact) mass is 156 g/mol. The van der Waals surface area contributed by atoms with Crippen LogP contribution in [0.25, 0.3) is 0 Å². The molecule has 1 saturated carbocycles. The molecule has 0 heterocycles. The summed E-state index contributed by atoms with van der Waals surface area (Å²) in [5.41, 5.74) is 5.46. The quantitative estimate of drug-likeness (QED) is 0.607. The molecule has 0 radical (unpaired) electrons. The van der Waals surface area contributed by atoms with Gasteiger partial charge in [-0.05, 0) is 33.1 Å². The smallest absolute Gasteiger partial charge is 0.237 e. The van der Waals surface area contributed by atoms with E-state index >= 15 is 0 Å². The first kappa shape index (κ1) is 8.53. The van der Waals surface area contributed by atoms with Crippen LogP contribution in [0.15, 0.2) is 0 Å². The lowest BCUT2D eigenvalue weighted by atomic mass is 9.78. The third-order valence-electron chi connectivity index (χ3n) is 2.30. The molecule has 0 unspecified atom stereocenters. The molecule has 0 aromatic rings. The van der Waals surface area contributed by atoms with Gasteiger partial charge in [-0.15, -0.1) is 0 Å². The highest BCUT2D eigenvalue weighted by atomic mass is 16.2. The second kappa shape index (κ2) is 2.81. The third kappa shape index (κ3) is 1.93. The summed E-state index contributed by atoms with van der Waals surface area (Å²) in [6.45, 7) is 3.77. The Morgan fingerprint density at radius 2 is 2.18 bits per heavy atom. The number of nitrogens with one attached hydrogen (secondary N) is 1. The molecule has 1 atom stereocenters. The number of nitrogens with two attached hydrogens (primary N) is 1. The molecule has 3 nitrogen and oxygen atoms in total. The van der Waals surface area contributed by atoms with Gasteiger partial charge in [-0.25, -0.2) is 0 Å². The van der Waals surface area contributed by atoms with Crippen LogP contribution in [-0.2, 0) is 4.79 Å². The molecule has 3 N–H and O–H groups in total. The van der Waals surface area contributed by atoms with Crippen LogP contribution in [0.3, 0.4) is 0 Å². The Kier molecular flexibility index (Phi) is 2.18. The molecule has 64 valence electrons. The lowest BCUT2D eigenvalue weighted by Crippen LogP contribution is -2.54. The molecule has 0 bridgehead atoms. The van der Waals surface area contributed by atoms with Gasteiger partial charge in [0.15, 0.2) is 0 Å². The fourth-order valence-electron chi connectivity index (χ4n) is 1.24. The SMILES string of the molecule is C[C@@H](N)C(=O)NC1(C)CCC1. The van der Waals surface area contributed by atoms with E-state index in [1.165, 1.54) is 6.42 Å². The Bertz CT molecular complexity index is 161. The Morgan fingerprint density at radius 3 is 2.45 bits per heavy atom. The first-order valence-electron chi connectivity index (χ1n) is 4.11. The van der Waals surface area contributed by atoms with Crippen LogP contribution in [0.5, 0.6) is 0 Å². The molecule has 1 amide bonds. The summed E-state index contributed by atoms with van der Waals surface area (Å²) in [6.07, 6.45) is 3.40. The summed E-state index contributed by atoms with van der Waals surface area (Å²) in [6, 6.07) is -0.382. The third-order valence-corrected chi connectivity index (χ3v) is 2.30. The van der Waals surface area contributed by atoms with E-state index in [4.69, 9.17) is 5.73 Å². The van der Waals surface area contributed by atoms with Crippen molar-refractivity contribution >= 4 is 5.91 Å². The fraction of sp³-hybridized carbons (Fsp3) is 0.875. The molecule has 1 fully saturated rings. The minimum absolute atomic E-state index is 0.0350. The van der Waals surface area contributed by atoms with Gasteiger partial charge in [-0.1, -0.05) is 0 Å². The number of hydrogen-bond donors (Lipinski definition) is 2. The lowest BCUT2D eigenvalue weighted by Gasteiger charge is -2.39. The molecule has 1 aliphatic carbocycles. The molecule has 11 heavy (non-hydrogen) atoms. The number of carbonyl (C=O) groups is 1. The van der Waals surface area contributed by atoms with Crippen LogP contribution in [0, 0.1) is 0 Å². The predicted octanol–water partition coefficient (Wildman–Crippen LogP) is 0.392. The van der Waals surface area contributed by atoms with Gasteiger partial charge in [-0.2, -0.15) is 0 Å². The van der Waals surface area contributed by atoms with E-state index in [1.54, 1.807) is 6.92 Å². The minimum atomic E-state index is -0.382. The van der Waals surface area contributed by atoms with Crippen molar-refractivity contribution in [3.63, 3.8) is 0 Å². The van der Waals surface area contributed by atoms with Crippen LogP contribution in [0.1, 0.15) is 33.1 Å². The van der Waals surface area contributed by atoms with Crippen molar-refractivity contribution in [1.82, 2.24) is 5.32 Å². The Balaban J connectivity index is 2.35. The van der Waals surface area contributed by atoms with Crippen molar-refractivity contribution < 1.29 is 4.79 Å². The highest BCUT2D eigenvalue weighted by Crippen LogP contribution is 2.30. The molecular weight excluding hydrogens is 140 g/mol. The first-order valence-corrected chi connectivity index (χ1v) is 4.11. The van der Waals surface area contributed by atoms with Gasteiger partial charge >= 0.3 is 0 Å². The minimum Gasteiger partial charge on any atom is -0.350 e. The first-order chi connectivity index (χ1) is 5.03. The maximum absolute atomic E-state index is 11.1. The normalized spacial score (nSPS) is 23.5. The molecule has 0 aliphatic heterocycles. The van der Waals surface area contributed by atoms with Crippen molar-refractivity contribution in [2.24, 2.45) is 5.73 Å². The summed E-state index contributed by atoms with van der Waals surface area (Å²) < 4.78 is 0. The second-order valence-electron chi connectivity index (χ2n) is 3.69. The van der Waals surface area contributed by atoms with E-state index in [2.05, 4.69) is 12.2 Å². The van der Waals surface area contributed by atoms with E-state index in [1.807, 2.05) is 0 Å². The molecule has 1 aliphatic rings. The summed E-state index contributed by atoms with van der Waals surface area (Å²) in [4.78, 5) is 11.1. The Hall–Kier alpha value is -0.570. The van der Waals surface area contributed by atoms with Crippen molar-refractivity contribution in [3.8, 4) is 0 Å². The maximum Gasteiger partial charge on any atom is 0.237 e. The zero-order valence-electron chi connectivity index (χ0n) is 7.18. The molecular formula is C8H16N2O. The van der Waals surface area contributed by atoms with Crippen LogP contribution < -0.4 is 11.1 Å². The average molecular weight is 156 g/mol. The maximum atomic E-state index is 11.1. The number of amides is 1. The van der Waals surface area contributed by atoms with Crippen LogP contribution in [-0.4, -0.2) is 17.5 Å². The fourth-order valence-corrected chi connectivity index (χ4v) is 1.24. The average Bonchev–Trinajstić information content (AvgIpc) is 1.84. The number of hydrogen-bond acceptors (Lipinski definition) is 2. The highest BCUT2D eigenvalue weighted by molar-refractivity contribution is 5.81. The lowest BCUT2D eigenvalue weighted by molar-refractivity contribution is -0.124. The van der Waals surface area contributed by atoms with Crippen molar-refractivity contribution in [2.75, 3.05) is 0 Å². The topological polar surface area (TPSA) is 55.1 Å². The zero-order valence-corrected chi connectivity index (χ0v) is 7.18. The molecule has 0 aromatic carbocycles. The second-order valence-corrected chi connectivity index (χ2v) is 3.69. The van der Waals surface area contributed by atoms with Gasteiger partial charge in [-0.3, -0.25) is 4.79 Å². The van der Waals surface area contributed by atoms with Crippen LogP contribution >= 0.6 is 0 Å². The van der Waals surface area contributed by atoms with Gasteiger partial charge < -0.3 is 11.1 Å². The molecule has 1 rings (SSSR count). The summed E-state index contributed by atoms with van der Waals surface area (Å²) in [7, 11) is 0. The molecule has 0 spiro atoms. The van der Waals surface area contributed by atoms with Crippen molar-refractivity contribution in [2.45, 2.75) is 44.7 Å². The summed E-state index contributed by atoms with van der Waals surface area (Å²) in [5.74, 6) is -0.0350. The van der Waals surface area contributed by atoms with Gasteiger partial charge in [0.2, 0.25) is 5.91 Å². The van der Waals surface area contributed by atoms with Crippen LogP contribution in [0.4, 0.5) is 0 Å². The number of rotatable bonds is 2. The predicted molar refractivity (Wildman–Crippen MR) is 44.0 cm³/mol. The standard InChI is InChI=1S/C8H16N2O/c1-6(9)7(11)10-8(2)4-3-5-8/h6H,3-5,9H2,1-2H3,(H,10,11)/t6-/m1/s1. The summed E-state index contributed by atoms with van der Waals surface area (Å²) >= 11 is 0. The zero-order chi connectivity index (χ0) is 8.48. The van der Waals surface area contributed by atoms with E-state index < -0.39 is 0 Å². The largest absolute Gasteiger partial charge is 0.350 e. The van der Waals surface area contributed by atoms with Gasteiger partial charge in [0.25, 0.3) is 0 Å². The Morgan fingerprint density at radius 1 is 1.64 bits per heavy atom. The van der Waals surface area contributed by atoms with Crippen LogP contribution in [0.2, 0.25) is 0 Å². The van der Waals surface area contributed by atoms with E-state index in [-0.39, 0.29) is 17.5 Å². The highest BCUT2D eigenvalue weighted by Gasteiger charge is 2.33.